The van der Waals surface area contributed by atoms with Gasteiger partial charge in [-0.15, -0.1) is 0 Å². The summed E-state index contributed by atoms with van der Waals surface area (Å²) >= 11 is 0. The van der Waals surface area contributed by atoms with Crippen LogP contribution in [0.5, 0.6) is 0 Å². The average molecular weight is 361 g/mol. The smallest absolute Gasteiger partial charge is 0.318 e. The Hall–Kier alpha value is -2.84. The summed E-state index contributed by atoms with van der Waals surface area (Å²) in [5, 5.41) is 12.2. The van der Waals surface area contributed by atoms with Crippen molar-refractivity contribution in [3.05, 3.63) is 70.3 Å². The Morgan fingerprint density at radius 2 is 2.07 bits per heavy atom. The van der Waals surface area contributed by atoms with E-state index in [0.717, 1.165) is 29.5 Å². The number of nitrogens with zero attached hydrogens (tertiary/aromatic N) is 2. The minimum atomic E-state index is -0.107. The maximum absolute atomic E-state index is 12.9. The third-order valence-electron chi connectivity index (χ3n) is 5.65. The summed E-state index contributed by atoms with van der Waals surface area (Å²) in [6.07, 6.45) is 1.89. The van der Waals surface area contributed by atoms with E-state index in [1.807, 2.05) is 29.2 Å². The summed E-state index contributed by atoms with van der Waals surface area (Å²) < 4.78 is 5.67. The monoisotopic (exact) mass is 361 g/mol. The second-order valence-corrected chi connectivity index (χ2v) is 7.18. The van der Waals surface area contributed by atoms with Gasteiger partial charge in [0.1, 0.15) is 6.10 Å². The molecule has 2 aromatic rings. The van der Waals surface area contributed by atoms with Gasteiger partial charge in [-0.05, 0) is 40.7 Å². The first-order valence-corrected chi connectivity index (χ1v) is 9.34. The van der Waals surface area contributed by atoms with Crippen molar-refractivity contribution in [1.29, 1.82) is 5.26 Å². The second kappa shape index (κ2) is 7.42. The second-order valence-electron chi connectivity index (χ2n) is 7.18. The van der Waals surface area contributed by atoms with Crippen molar-refractivity contribution in [1.82, 2.24) is 10.2 Å². The zero-order valence-corrected chi connectivity index (χ0v) is 15.4. The summed E-state index contributed by atoms with van der Waals surface area (Å²) in [7, 11) is 1.69. The number of ether oxygens (including phenoxy) is 1. The fourth-order valence-corrected chi connectivity index (χ4v) is 4.34. The first-order chi connectivity index (χ1) is 13.2. The van der Waals surface area contributed by atoms with Gasteiger partial charge in [0, 0.05) is 20.2 Å². The Labute approximate surface area is 159 Å². The SMILES string of the molecule is CO[C@H]1c2ccccc2C[C@H]1NC(=O)N1CCc2c(CC#N)cccc2C1. The number of amides is 2. The lowest BCUT2D eigenvalue weighted by atomic mass is 9.93. The third kappa shape index (κ3) is 3.29. The van der Waals surface area contributed by atoms with Crippen molar-refractivity contribution in [3.63, 3.8) is 0 Å². The fourth-order valence-electron chi connectivity index (χ4n) is 4.34. The van der Waals surface area contributed by atoms with Gasteiger partial charge in [0.25, 0.3) is 0 Å². The highest BCUT2D eigenvalue weighted by Crippen LogP contribution is 2.34. The van der Waals surface area contributed by atoms with E-state index in [-0.39, 0.29) is 18.2 Å². The van der Waals surface area contributed by atoms with Crippen molar-refractivity contribution in [3.8, 4) is 6.07 Å². The zero-order chi connectivity index (χ0) is 18.8. The van der Waals surface area contributed by atoms with Crippen molar-refractivity contribution in [2.24, 2.45) is 0 Å². The van der Waals surface area contributed by atoms with E-state index in [4.69, 9.17) is 10.00 Å². The molecule has 0 saturated carbocycles. The van der Waals surface area contributed by atoms with Gasteiger partial charge in [-0.1, -0.05) is 42.5 Å². The van der Waals surface area contributed by atoms with Gasteiger partial charge in [-0.2, -0.15) is 5.26 Å². The molecule has 2 aromatic carbocycles. The molecule has 1 aliphatic heterocycles. The van der Waals surface area contributed by atoms with Crippen LogP contribution in [0.3, 0.4) is 0 Å². The van der Waals surface area contributed by atoms with E-state index < -0.39 is 0 Å². The first kappa shape index (κ1) is 17.6. The first-order valence-electron chi connectivity index (χ1n) is 9.34. The molecule has 138 valence electrons. The Kier molecular flexibility index (Phi) is 4.83. The summed E-state index contributed by atoms with van der Waals surface area (Å²) in [5.41, 5.74) is 5.85. The van der Waals surface area contributed by atoms with E-state index in [2.05, 4.69) is 29.6 Å². The van der Waals surface area contributed by atoms with Crippen LogP contribution in [-0.4, -0.2) is 30.6 Å². The molecule has 0 bridgehead atoms. The maximum Gasteiger partial charge on any atom is 0.318 e. The van der Waals surface area contributed by atoms with Crippen LogP contribution in [0.25, 0.3) is 0 Å². The standard InChI is InChI=1S/C22H23N3O2/c1-27-21-19-8-3-2-5-16(19)13-20(21)24-22(26)25-12-10-18-15(9-11-23)6-4-7-17(18)14-25/h2-8,20-21H,9-10,12-14H2,1H3,(H,24,26)/t20-,21+/m1/s1. The lowest BCUT2D eigenvalue weighted by Crippen LogP contribution is -2.48. The molecule has 2 atom stereocenters. The van der Waals surface area contributed by atoms with Crippen molar-refractivity contribution in [2.75, 3.05) is 13.7 Å². The Morgan fingerprint density at radius 1 is 1.26 bits per heavy atom. The predicted molar refractivity (Wildman–Crippen MR) is 102 cm³/mol. The number of methoxy groups -OCH3 is 1. The highest BCUT2D eigenvalue weighted by atomic mass is 16.5. The predicted octanol–water partition coefficient (Wildman–Crippen LogP) is 3.13. The summed E-state index contributed by atoms with van der Waals surface area (Å²) in [6.45, 7) is 1.25. The van der Waals surface area contributed by atoms with Crippen LogP contribution in [0.1, 0.15) is 33.9 Å². The van der Waals surface area contributed by atoms with E-state index in [1.165, 1.54) is 11.1 Å². The van der Waals surface area contributed by atoms with E-state index in [9.17, 15) is 4.79 Å². The lowest BCUT2D eigenvalue weighted by Gasteiger charge is -2.32. The quantitative estimate of drug-likeness (QED) is 0.913. The van der Waals surface area contributed by atoms with Crippen LogP contribution in [0.4, 0.5) is 4.79 Å². The van der Waals surface area contributed by atoms with E-state index in [1.54, 1.807) is 7.11 Å². The Bertz CT molecular complexity index is 903. The number of fused-ring (bicyclic) bond motifs is 2. The molecule has 1 heterocycles. The number of carbonyl (C=O) groups excluding carboxylic acids is 1. The molecule has 0 saturated heterocycles. The van der Waals surface area contributed by atoms with Crippen LogP contribution >= 0.6 is 0 Å². The number of urea groups is 1. The van der Waals surface area contributed by atoms with Gasteiger partial charge in [0.2, 0.25) is 0 Å². The number of rotatable bonds is 3. The summed E-state index contributed by atoms with van der Waals surface area (Å²) in [4.78, 5) is 14.7. The Balaban J connectivity index is 1.46. The van der Waals surface area contributed by atoms with Crippen molar-refractivity contribution >= 4 is 6.03 Å². The molecule has 0 radical (unpaired) electrons. The highest BCUT2D eigenvalue weighted by Gasteiger charge is 2.34. The molecule has 0 fully saturated rings. The molecular formula is C22H23N3O2. The molecule has 2 aliphatic rings. The van der Waals surface area contributed by atoms with Crippen molar-refractivity contribution in [2.45, 2.75) is 38.0 Å². The minimum Gasteiger partial charge on any atom is -0.375 e. The van der Waals surface area contributed by atoms with Gasteiger partial charge in [0.05, 0.1) is 18.5 Å². The topological polar surface area (TPSA) is 65.4 Å². The molecule has 0 spiro atoms. The van der Waals surface area contributed by atoms with Crippen LogP contribution < -0.4 is 5.32 Å². The van der Waals surface area contributed by atoms with Gasteiger partial charge < -0.3 is 15.0 Å². The highest BCUT2D eigenvalue weighted by molar-refractivity contribution is 5.75. The number of hydrogen-bond donors (Lipinski definition) is 1. The van der Waals surface area contributed by atoms with Crippen molar-refractivity contribution < 1.29 is 9.53 Å². The zero-order valence-electron chi connectivity index (χ0n) is 15.4. The normalized spacial score (nSPS) is 20.5. The fraction of sp³-hybridized carbons (Fsp3) is 0.364. The van der Waals surface area contributed by atoms with Crippen LogP contribution in [0.2, 0.25) is 0 Å². The molecule has 5 heteroatoms. The van der Waals surface area contributed by atoms with Crippen LogP contribution in [0.15, 0.2) is 42.5 Å². The van der Waals surface area contributed by atoms with E-state index in [0.29, 0.717) is 19.5 Å². The molecule has 2 amide bonds. The lowest BCUT2D eigenvalue weighted by molar-refractivity contribution is 0.0778. The average Bonchev–Trinajstić information content (AvgIpc) is 3.05. The molecule has 0 unspecified atom stereocenters. The van der Waals surface area contributed by atoms with Crippen LogP contribution in [-0.2, 0) is 30.5 Å². The molecule has 0 aromatic heterocycles. The Morgan fingerprint density at radius 3 is 2.89 bits per heavy atom. The molecule has 1 N–H and O–H groups in total. The minimum absolute atomic E-state index is 0.0498. The molecular weight excluding hydrogens is 338 g/mol. The van der Waals surface area contributed by atoms with Gasteiger partial charge in [-0.25, -0.2) is 4.79 Å². The largest absolute Gasteiger partial charge is 0.375 e. The molecule has 27 heavy (non-hydrogen) atoms. The maximum atomic E-state index is 12.9. The number of benzene rings is 2. The number of nitriles is 1. The molecule has 5 nitrogen and oxygen atoms in total. The number of nitrogens with one attached hydrogen (secondary N) is 1. The number of carbonyl (C=O) groups is 1. The van der Waals surface area contributed by atoms with Gasteiger partial charge >= 0.3 is 6.03 Å². The summed E-state index contributed by atoms with van der Waals surface area (Å²) in [6, 6.07) is 16.4. The number of hydrogen-bond acceptors (Lipinski definition) is 3. The molecule has 4 rings (SSSR count). The van der Waals surface area contributed by atoms with Crippen LogP contribution in [0, 0.1) is 11.3 Å². The molecule has 1 aliphatic carbocycles. The van der Waals surface area contributed by atoms with E-state index >= 15 is 0 Å². The third-order valence-corrected chi connectivity index (χ3v) is 5.65. The summed E-state index contributed by atoms with van der Waals surface area (Å²) in [5.74, 6) is 0. The van der Waals surface area contributed by atoms with Gasteiger partial charge in [-0.3, -0.25) is 0 Å². The van der Waals surface area contributed by atoms with Gasteiger partial charge in [0.15, 0.2) is 0 Å².